The molecule has 0 aromatic carbocycles. The van der Waals surface area contributed by atoms with Crippen molar-refractivity contribution in [1.82, 2.24) is 10.9 Å². The van der Waals surface area contributed by atoms with Crippen LogP contribution in [0.1, 0.15) is 0 Å². The summed E-state index contributed by atoms with van der Waals surface area (Å²) in [5, 5.41) is 45.2. The first-order valence-electron chi connectivity index (χ1n) is 4.27. The highest BCUT2D eigenvalue weighted by Crippen LogP contribution is 2.04. The minimum absolute atomic E-state index is 0.00682. The van der Waals surface area contributed by atoms with Crippen molar-refractivity contribution in [2.75, 3.05) is 20.2 Å². The molecular weight excluding hydrogens is 192 g/mol. The van der Waals surface area contributed by atoms with Gasteiger partial charge in [-0.15, -0.1) is 0 Å². The van der Waals surface area contributed by atoms with Gasteiger partial charge in [-0.1, -0.05) is 0 Å². The van der Waals surface area contributed by atoms with Gasteiger partial charge in [-0.3, -0.25) is 10.9 Å². The first-order valence-corrected chi connectivity index (χ1v) is 4.27. The van der Waals surface area contributed by atoms with Crippen LogP contribution in [0, 0.1) is 0 Å². The van der Waals surface area contributed by atoms with E-state index in [0.29, 0.717) is 0 Å². The molecule has 0 radical (unpaired) electrons. The van der Waals surface area contributed by atoms with Crippen molar-refractivity contribution in [3.8, 4) is 0 Å². The molecule has 0 aliphatic carbocycles. The van der Waals surface area contributed by atoms with Crippen molar-refractivity contribution in [3.63, 3.8) is 0 Å². The van der Waals surface area contributed by atoms with Crippen LogP contribution in [-0.2, 0) is 0 Å². The van der Waals surface area contributed by atoms with Crippen LogP contribution in [-0.4, -0.2) is 70.1 Å². The fraction of sp³-hybridized carbons (Fsp3) is 1.00. The van der Waals surface area contributed by atoms with E-state index >= 15 is 0 Å². The topological polar surface area (TPSA) is 125 Å². The zero-order valence-corrected chi connectivity index (χ0v) is 7.96. The third-order valence-electron chi connectivity index (χ3n) is 1.81. The molecule has 0 amide bonds. The molecule has 0 bridgehead atoms. The largest absolute Gasteiger partial charge is 0.394 e. The molecule has 4 atom stereocenters. The summed E-state index contributed by atoms with van der Waals surface area (Å²) in [5.74, 6) is 0. The maximum absolute atomic E-state index is 9.28. The summed E-state index contributed by atoms with van der Waals surface area (Å²) < 4.78 is 0. The number of aliphatic hydroxyl groups excluding tert-OH is 5. The molecule has 0 saturated heterocycles. The Labute approximate surface area is 82.0 Å². The number of hydrazine groups is 1. The third kappa shape index (κ3) is 4.29. The smallest absolute Gasteiger partial charge is 0.111 e. The summed E-state index contributed by atoms with van der Waals surface area (Å²) in [6.45, 7) is -0.669. The van der Waals surface area contributed by atoms with Crippen LogP contribution in [0.15, 0.2) is 0 Å². The van der Waals surface area contributed by atoms with Crippen LogP contribution >= 0.6 is 0 Å². The minimum Gasteiger partial charge on any atom is -0.394 e. The molecule has 0 unspecified atom stereocenters. The molecule has 0 fully saturated rings. The summed E-state index contributed by atoms with van der Waals surface area (Å²) in [4.78, 5) is 0. The summed E-state index contributed by atoms with van der Waals surface area (Å²) in [6.07, 6.45) is -5.79. The predicted octanol–water partition coefficient (Wildman–Crippen LogP) is -3.85. The van der Waals surface area contributed by atoms with Gasteiger partial charge in [0.05, 0.1) is 12.7 Å². The Balaban J connectivity index is 3.95. The van der Waals surface area contributed by atoms with Crippen LogP contribution < -0.4 is 10.9 Å². The number of nitrogens with one attached hydrogen (secondary N) is 2. The first kappa shape index (κ1) is 13.7. The van der Waals surface area contributed by atoms with Crippen molar-refractivity contribution in [2.24, 2.45) is 0 Å². The highest BCUT2D eigenvalue weighted by molar-refractivity contribution is 4.81. The van der Waals surface area contributed by atoms with Gasteiger partial charge in [-0.05, 0) is 7.05 Å². The third-order valence-corrected chi connectivity index (χ3v) is 1.81. The molecular formula is C7H18N2O5. The van der Waals surface area contributed by atoms with Gasteiger partial charge >= 0.3 is 0 Å². The maximum atomic E-state index is 9.28. The van der Waals surface area contributed by atoms with E-state index in [-0.39, 0.29) is 6.54 Å². The van der Waals surface area contributed by atoms with Crippen LogP contribution in [0.2, 0.25) is 0 Å². The van der Waals surface area contributed by atoms with E-state index in [4.69, 9.17) is 10.2 Å². The molecule has 0 saturated carbocycles. The zero-order chi connectivity index (χ0) is 11.1. The lowest BCUT2D eigenvalue weighted by atomic mass is 10.0. The number of rotatable bonds is 7. The van der Waals surface area contributed by atoms with E-state index in [1.807, 2.05) is 0 Å². The Hall–Kier alpha value is -0.280. The van der Waals surface area contributed by atoms with Crippen molar-refractivity contribution in [2.45, 2.75) is 24.4 Å². The highest BCUT2D eigenvalue weighted by Gasteiger charge is 2.29. The van der Waals surface area contributed by atoms with E-state index in [9.17, 15) is 15.3 Å². The average Bonchev–Trinajstić information content (AvgIpc) is 2.22. The molecule has 0 aromatic rings. The molecule has 0 aliphatic rings. The molecule has 7 N–H and O–H groups in total. The van der Waals surface area contributed by atoms with Crippen molar-refractivity contribution >= 4 is 0 Å². The lowest BCUT2D eigenvalue weighted by Crippen LogP contribution is -2.50. The van der Waals surface area contributed by atoms with Crippen molar-refractivity contribution < 1.29 is 25.5 Å². The Morgan fingerprint density at radius 1 is 1.00 bits per heavy atom. The normalized spacial score (nSPS) is 20.1. The van der Waals surface area contributed by atoms with Crippen LogP contribution in [0.5, 0.6) is 0 Å². The van der Waals surface area contributed by atoms with Gasteiger partial charge in [0, 0.05) is 6.54 Å². The van der Waals surface area contributed by atoms with Gasteiger partial charge in [0.25, 0.3) is 0 Å². The van der Waals surface area contributed by atoms with Gasteiger partial charge in [0.1, 0.15) is 18.3 Å². The van der Waals surface area contributed by atoms with Gasteiger partial charge in [0.15, 0.2) is 0 Å². The van der Waals surface area contributed by atoms with E-state index in [1.165, 1.54) is 0 Å². The molecule has 86 valence electrons. The number of aliphatic hydroxyl groups is 5. The van der Waals surface area contributed by atoms with Crippen LogP contribution in [0.4, 0.5) is 0 Å². The summed E-state index contributed by atoms with van der Waals surface area (Å²) in [6, 6.07) is 0. The fourth-order valence-electron chi connectivity index (χ4n) is 0.891. The van der Waals surface area contributed by atoms with E-state index in [1.54, 1.807) is 7.05 Å². The molecule has 0 aliphatic heterocycles. The standard InChI is InChI=1S/C7H18N2O5/c1-8-9-2-4(11)6(13)7(14)5(12)3-10/h4-14H,2-3H2,1H3/t4-,5+,6+,7+/m0/s1. The van der Waals surface area contributed by atoms with Gasteiger partial charge in [-0.2, -0.15) is 0 Å². The maximum Gasteiger partial charge on any atom is 0.111 e. The van der Waals surface area contributed by atoms with Gasteiger partial charge < -0.3 is 25.5 Å². The van der Waals surface area contributed by atoms with E-state index in [0.717, 1.165) is 0 Å². The molecule has 7 heteroatoms. The number of hydrogen-bond acceptors (Lipinski definition) is 7. The highest BCUT2D eigenvalue weighted by atomic mass is 16.4. The van der Waals surface area contributed by atoms with Gasteiger partial charge in [0.2, 0.25) is 0 Å². The second-order valence-electron chi connectivity index (χ2n) is 2.93. The lowest BCUT2D eigenvalue weighted by Gasteiger charge is -2.25. The van der Waals surface area contributed by atoms with Crippen LogP contribution in [0.3, 0.4) is 0 Å². The Morgan fingerprint density at radius 3 is 1.93 bits per heavy atom. The summed E-state index contributed by atoms with van der Waals surface area (Å²) in [5.41, 5.74) is 5.05. The van der Waals surface area contributed by atoms with Gasteiger partial charge in [-0.25, -0.2) is 0 Å². The van der Waals surface area contributed by atoms with Crippen LogP contribution in [0.25, 0.3) is 0 Å². The summed E-state index contributed by atoms with van der Waals surface area (Å²) >= 11 is 0. The Bertz CT molecular complexity index is 148. The molecule has 0 rings (SSSR count). The monoisotopic (exact) mass is 210 g/mol. The first-order chi connectivity index (χ1) is 6.54. The average molecular weight is 210 g/mol. The van der Waals surface area contributed by atoms with E-state index in [2.05, 4.69) is 10.9 Å². The van der Waals surface area contributed by atoms with E-state index < -0.39 is 31.0 Å². The Kier molecular flexibility index (Phi) is 6.93. The van der Waals surface area contributed by atoms with Crippen molar-refractivity contribution in [3.05, 3.63) is 0 Å². The molecule has 7 nitrogen and oxygen atoms in total. The predicted molar refractivity (Wildman–Crippen MR) is 48.2 cm³/mol. The molecule has 0 heterocycles. The quantitative estimate of drug-likeness (QED) is 0.214. The summed E-state index contributed by atoms with van der Waals surface area (Å²) in [7, 11) is 1.58. The minimum atomic E-state index is -1.58. The Morgan fingerprint density at radius 2 is 1.50 bits per heavy atom. The number of hydrogen-bond donors (Lipinski definition) is 7. The lowest BCUT2D eigenvalue weighted by molar-refractivity contribution is -0.114. The SMILES string of the molecule is CNNC[C@H](O)[C@@H](O)[C@H](O)[C@H](O)CO. The second-order valence-corrected chi connectivity index (χ2v) is 2.93. The zero-order valence-electron chi connectivity index (χ0n) is 7.96. The fourth-order valence-corrected chi connectivity index (χ4v) is 0.891. The molecule has 14 heavy (non-hydrogen) atoms. The molecule has 0 aromatic heterocycles. The molecule has 0 spiro atoms. The van der Waals surface area contributed by atoms with Crippen molar-refractivity contribution in [1.29, 1.82) is 0 Å². The second kappa shape index (κ2) is 7.07.